The lowest BCUT2D eigenvalue weighted by molar-refractivity contribution is -0.112. The number of aromatic hydroxyl groups is 1. The van der Waals surface area contributed by atoms with Gasteiger partial charge >= 0.3 is 4.87 Å². The summed E-state index contributed by atoms with van der Waals surface area (Å²) in [7, 11) is 0. The molecule has 0 fully saturated rings. The van der Waals surface area contributed by atoms with Gasteiger partial charge in [-0.3, -0.25) is 9.59 Å². The lowest BCUT2D eigenvalue weighted by Gasteiger charge is -2.10. The van der Waals surface area contributed by atoms with E-state index in [-0.39, 0.29) is 21.5 Å². The van der Waals surface area contributed by atoms with Crippen LogP contribution in [0.4, 0.5) is 4.39 Å². The van der Waals surface area contributed by atoms with Crippen LogP contribution in [-0.4, -0.2) is 15.6 Å². The fourth-order valence-electron chi connectivity index (χ4n) is 3.03. The second-order valence-corrected chi connectivity index (χ2v) is 6.99. The minimum Gasteiger partial charge on any atom is -0.493 e. The van der Waals surface area contributed by atoms with Crippen LogP contribution in [0.2, 0.25) is 0 Å². The van der Waals surface area contributed by atoms with Gasteiger partial charge in [-0.15, -0.1) is 0 Å². The van der Waals surface area contributed by atoms with Gasteiger partial charge in [0.15, 0.2) is 0 Å². The quantitative estimate of drug-likeness (QED) is 0.749. The Hall–Kier alpha value is -3.06. The van der Waals surface area contributed by atoms with E-state index >= 15 is 0 Å². The molecule has 4 rings (SSSR count). The zero-order chi connectivity index (χ0) is 18.6. The number of rotatable bonds is 2. The third-order valence-corrected chi connectivity index (χ3v) is 5.44. The molecule has 2 aromatic carbocycles. The van der Waals surface area contributed by atoms with Gasteiger partial charge in [0.05, 0.1) is 16.6 Å². The Labute approximate surface area is 151 Å². The molecule has 0 unspecified atom stereocenters. The number of thiazole rings is 1. The van der Waals surface area contributed by atoms with Crippen LogP contribution >= 0.6 is 11.3 Å². The predicted octanol–water partition coefficient (Wildman–Crippen LogP) is 1.72. The van der Waals surface area contributed by atoms with Crippen LogP contribution in [0.3, 0.4) is 0 Å². The average Bonchev–Trinajstić information content (AvgIpc) is 3.06. The van der Waals surface area contributed by atoms with Crippen molar-refractivity contribution in [2.75, 3.05) is 0 Å². The minimum absolute atomic E-state index is 0.0446. The highest BCUT2D eigenvalue weighted by Crippen LogP contribution is 2.31. The minimum atomic E-state index is -0.602. The van der Waals surface area contributed by atoms with Crippen LogP contribution < -0.4 is 15.4 Å². The molecule has 1 aliphatic heterocycles. The normalized spacial score (nSPS) is 13.0. The summed E-state index contributed by atoms with van der Waals surface area (Å²) in [6.45, 7) is 3.75. The first kappa shape index (κ1) is 16.4. The second kappa shape index (κ2) is 5.74. The van der Waals surface area contributed by atoms with Crippen molar-refractivity contribution in [2.45, 2.75) is 13.8 Å². The van der Waals surface area contributed by atoms with Crippen LogP contribution in [0.5, 0.6) is 5.88 Å². The number of aryl methyl sites for hydroxylation is 1. The fraction of sp³-hybridized carbons (Fsp3) is 0.105. The summed E-state index contributed by atoms with van der Waals surface area (Å²) in [6, 6.07) is 9.21. The molecule has 0 radical (unpaired) electrons. The molecule has 26 heavy (non-hydrogen) atoms. The molecule has 0 atom stereocenters. The predicted molar refractivity (Wildman–Crippen MR) is 95.8 cm³/mol. The number of halogens is 1. The third-order valence-electron chi connectivity index (χ3n) is 4.49. The summed E-state index contributed by atoms with van der Waals surface area (Å²) < 4.78 is 14.8. The molecular weight excluding hydrogens is 355 g/mol. The summed E-state index contributed by atoms with van der Waals surface area (Å²) in [5.74, 6) is -1.47. The number of amides is 1. The van der Waals surface area contributed by atoms with Crippen molar-refractivity contribution in [3.05, 3.63) is 78.5 Å². The number of nitrogens with zero attached hydrogens (tertiary/aromatic N) is 2. The molecular formula is C19H13FN2O3S. The number of benzene rings is 2. The van der Waals surface area contributed by atoms with Gasteiger partial charge in [0.1, 0.15) is 10.7 Å². The van der Waals surface area contributed by atoms with E-state index in [1.54, 1.807) is 12.1 Å². The molecule has 0 spiro atoms. The molecule has 130 valence electrons. The Balaban J connectivity index is 2.04. The number of fused-ring (bicyclic) bond motifs is 1. The molecule has 7 heteroatoms. The maximum absolute atomic E-state index is 13.6. The largest absolute Gasteiger partial charge is 0.493 e. The molecule has 2 heterocycles. The van der Waals surface area contributed by atoms with Crippen LogP contribution in [-0.2, 0) is 4.79 Å². The average molecular weight is 368 g/mol. The van der Waals surface area contributed by atoms with E-state index < -0.39 is 16.6 Å². The molecule has 1 aromatic heterocycles. The van der Waals surface area contributed by atoms with Crippen molar-refractivity contribution in [2.24, 2.45) is 4.99 Å². The van der Waals surface area contributed by atoms with Crippen LogP contribution in [0.15, 0.2) is 46.2 Å². The Bertz CT molecular complexity index is 1270. The monoisotopic (exact) mass is 368 g/mol. The van der Waals surface area contributed by atoms with Crippen molar-refractivity contribution < 1.29 is 14.3 Å². The Kier molecular flexibility index (Phi) is 3.62. The SMILES string of the molecule is Cc1cccc(-n2c(O)c(C3=c4cc(F)ccc4=NC3=O)sc2=O)c1C. The molecule has 3 aromatic rings. The highest BCUT2D eigenvalue weighted by molar-refractivity contribution is 7.11. The van der Waals surface area contributed by atoms with Gasteiger partial charge in [-0.2, -0.15) is 0 Å². The summed E-state index contributed by atoms with van der Waals surface area (Å²) in [5.41, 5.74) is 2.39. The van der Waals surface area contributed by atoms with Gasteiger partial charge in [-0.1, -0.05) is 23.5 Å². The molecule has 0 saturated carbocycles. The lowest BCUT2D eigenvalue weighted by atomic mass is 10.1. The summed E-state index contributed by atoms with van der Waals surface area (Å²) >= 11 is 0.738. The summed E-state index contributed by atoms with van der Waals surface area (Å²) in [5, 5.41) is 11.3. The van der Waals surface area contributed by atoms with Crippen molar-refractivity contribution in [3.8, 4) is 11.6 Å². The number of carbonyl (C=O) groups is 1. The number of hydrogen-bond donors (Lipinski definition) is 1. The van der Waals surface area contributed by atoms with Crippen LogP contribution in [0.25, 0.3) is 11.3 Å². The van der Waals surface area contributed by atoms with Gasteiger partial charge in [0, 0.05) is 5.22 Å². The van der Waals surface area contributed by atoms with Crippen molar-refractivity contribution in [1.82, 2.24) is 4.57 Å². The maximum Gasteiger partial charge on any atom is 0.315 e. The van der Waals surface area contributed by atoms with Gasteiger partial charge in [-0.05, 0) is 49.2 Å². The first-order chi connectivity index (χ1) is 12.4. The smallest absolute Gasteiger partial charge is 0.315 e. The van der Waals surface area contributed by atoms with Gasteiger partial charge in [0.2, 0.25) is 5.88 Å². The van der Waals surface area contributed by atoms with Gasteiger partial charge in [-0.25, -0.2) is 13.9 Å². The molecule has 5 nitrogen and oxygen atoms in total. The second-order valence-electron chi connectivity index (χ2n) is 6.03. The molecule has 1 aliphatic rings. The first-order valence-electron chi connectivity index (χ1n) is 7.83. The number of hydrogen-bond acceptors (Lipinski definition) is 4. The highest BCUT2D eigenvalue weighted by Gasteiger charge is 2.27. The van der Waals surface area contributed by atoms with E-state index in [0.29, 0.717) is 11.0 Å². The Morgan fingerprint density at radius 3 is 2.69 bits per heavy atom. The van der Waals surface area contributed by atoms with E-state index in [2.05, 4.69) is 4.99 Å². The summed E-state index contributed by atoms with van der Waals surface area (Å²) in [4.78, 5) is 28.4. The molecule has 1 N–H and O–H groups in total. The molecule has 0 saturated heterocycles. The van der Waals surface area contributed by atoms with Crippen molar-refractivity contribution >= 4 is 22.8 Å². The fourth-order valence-corrected chi connectivity index (χ4v) is 3.96. The maximum atomic E-state index is 13.6. The highest BCUT2D eigenvalue weighted by atomic mass is 32.1. The van der Waals surface area contributed by atoms with Crippen LogP contribution in [0.1, 0.15) is 16.0 Å². The van der Waals surface area contributed by atoms with E-state index in [4.69, 9.17) is 0 Å². The summed E-state index contributed by atoms with van der Waals surface area (Å²) in [6.07, 6.45) is 0. The van der Waals surface area contributed by atoms with E-state index in [1.165, 1.54) is 22.8 Å². The topological polar surface area (TPSA) is 71.7 Å². The standard InChI is InChI=1S/C19H13FN2O3S/c1-9-4-3-5-14(10(9)2)22-18(24)16(26-19(22)25)15-12-8-11(20)6-7-13(12)21-17(15)23/h3-8,24H,1-2H3. The zero-order valence-corrected chi connectivity index (χ0v) is 14.7. The number of aromatic nitrogens is 1. The van der Waals surface area contributed by atoms with Crippen molar-refractivity contribution in [1.29, 1.82) is 0 Å². The Morgan fingerprint density at radius 1 is 1.15 bits per heavy atom. The zero-order valence-electron chi connectivity index (χ0n) is 13.9. The Morgan fingerprint density at radius 2 is 1.92 bits per heavy atom. The van der Waals surface area contributed by atoms with Gasteiger partial charge in [0.25, 0.3) is 5.91 Å². The van der Waals surface area contributed by atoms with Crippen LogP contribution in [0, 0.1) is 19.7 Å². The van der Waals surface area contributed by atoms with Crippen molar-refractivity contribution in [3.63, 3.8) is 0 Å². The van der Waals surface area contributed by atoms with E-state index in [9.17, 15) is 19.1 Å². The molecule has 1 amide bonds. The third kappa shape index (κ3) is 2.32. The number of carbonyl (C=O) groups excluding carboxylic acids is 1. The lowest BCUT2D eigenvalue weighted by Crippen LogP contribution is -2.23. The van der Waals surface area contributed by atoms with E-state index in [1.807, 2.05) is 19.9 Å². The van der Waals surface area contributed by atoms with E-state index in [0.717, 1.165) is 22.5 Å². The molecule has 0 aliphatic carbocycles. The molecule has 0 bridgehead atoms. The first-order valence-corrected chi connectivity index (χ1v) is 8.65. The van der Waals surface area contributed by atoms with Gasteiger partial charge < -0.3 is 5.11 Å².